The quantitative estimate of drug-likeness (QED) is 0.374. The fourth-order valence-corrected chi connectivity index (χ4v) is 3.98. The zero-order valence-electron chi connectivity index (χ0n) is 22.8. The van der Waals surface area contributed by atoms with E-state index in [2.05, 4.69) is 15.1 Å². The molecule has 1 saturated heterocycles. The van der Waals surface area contributed by atoms with Crippen LogP contribution in [0.1, 0.15) is 25.4 Å². The van der Waals surface area contributed by atoms with Crippen LogP contribution in [0.4, 0.5) is 5.95 Å². The summed E-state index contributed by atoms with van der Waals surface area (Å²) in [7, 11) is 1.40. The van der Waals surface area contributed by atoms with Gasteiger partial charge in [-0.2, -0.15) is 4.68 Å². The van der Waals surface area contributed by atoms with Gasteiger partial charge in [0.05, 0.1) is 37.9 Å². The minimum absolute atomic E-state index is 0.0536. The molecule has 1 aliphatic heterocycles. The first-order valence-electron chi connectivity index (χ1n) is 12.8. The molecular formula is C23H25N6O4+. The molecule has 3 aromatic heterocycles. The average molecular weight is 455 g/mol. The van der Waals surface area contributed by atoms with E-state index in [4.69, 9.17) is 22.1 Å². The Morgan fingerprint density at radius 2 is 2.15 bits per heavy atom. The van der Waals surface area contributed by atoms with Crippen molar-refractivity contribution < 1.29 is 25.8 Å². The van der Waals surface area contributed by atoms with Gasteiger partial charge in [0.2, 0.25) is 11.5 Å². The highest BCUT2D eigenvalue weighted by atomic mass is 16.5. The Bertz CT molecular complexity index is 1580. The van der Waals surface area contributed by atoms with Gasteiger partial charge in [-0.3, -0.25) is 0 Å². The molecule has 0 aliphatic carbocycles. The molecule has 4 heterocycles. The van der Waals surface area contributed by atoms with Crippen molar-refractivity contribution in [2.75, 3.05) is 19.5 Å². The van der Waals surface area contributed by atoms with Gasteiger partial charge in [-0.25, -0.2) is 14.9 Å². The Labute approximate surface area is 196 Å². The van der Waals surface area contributed by atoms with Crippen LogP contribution in [0.2, 0.25) is 0 Å². The van der Waals surface area contributed by atoms with Crippen molar-refractivity contribution in [2.45, 2.75) is 32.1 Å². The molecule has 4 N–H and O–H groups in total. The van der Waals surface area contributed by atoms with Crippen molar-refractivity contribution in [1.29, 1.82) is 0 Å². The molecule has 10 nitrogen and oxygen atoms in total. The van der Waals surface area contributed by atoms with Gasteiger partial charge in [0.1, 0.15) is 12.2 Å². The molecule has 33 heavy (non-hydrogen) atoms. The summed E-state index contributed by atoms with van der Waals surface area (Å²) in [5.41, 5.74) is 6.44. The van der Waals surface area contributed by atoms with E-state index in [1.165, 1.54) is 23.9 Å². The lowest BCUT2D eigenvalue weighted by Gasteiger charge is -2.11. The molecule has 0 bridgehead atoms. The largest absolute Gasteiger partial charge is 0.481 e. The third-order valence-electron chi connectivity index (χ3n) is 5.48. The number of nitrogens with zero attached hydrogens (tertiary/aromatic N) is 4. The number of aromatic amines is 1. The van der Waals surface area contributed by atoms with Crippen molar-refractivity contribution in [2.24, 2.45) is 0 Å². The Morgan fingerprint density at radius 3 is 2.85 bits per heavy atom. The SMILES string of the molecule is [2H]c1c([2H])c([2H])c(-c2nc(N)[n+]3c(=O)n(C[C@H]4CCCO4)[nH]c3c2-c2cc(CO)nc(OC)c2)c([2H])c1[2H]. The lowest BCUT2D eigenvalue weighted by molar-refractivity contribution is -0.516. The number of pyridine rings is 1. The van der Waals surface area contributed by atoms with Crippen LogP contribution in [-0.2, 0) is 17.9 Å². The van der Waals surface area contributed by atoms with Crippen LogP contribution in [0.5, 0.6) is 5.88 Å². The predicted octanol–water partition coefficient (Wildman–Crippen LogP) is 1.30. The normalized spacial score (nSPS) is 18.0. The van der Waals surface area contributed by atoms with Gasteiger partial charge in [-0.1, -0.05) is 30.2 Å². The lowest BCUT2D eigenvalue weighted by Crippen LogP contribution is -2.45. The van der Waals surface area contributed by atoms with Crippen LogP contribution in [0.3, 0.4) is 0 Å². The number of aliphatic hydroxyl groups is 1. The number of rotatable bonds is 6. The first-order valence-corrected chi connectivity index (χ1v) is 10.3. The van der Waals surface area contributed by atoms with Gasteiger partial charge >= 0.3 is 11.6 Å². The third-order valence-corrected chi connectivity index (χ3v) is 5.48. The maximum absolute atomic E-state index is 13.4. The van der Waals surface area contributed by atoms with E-state index in [0.717, 1.165) is 17.2 Å². The molecule has 170 valence electrons. The van der Waals surface area contributed by atoms with Crippen LogP contribution in [-0.4, -0.2) is 44.7 Å². The van der Waals surface area contributed by atoms with Crippen LogP contribution in [0, 0.1) is 0 Å². The van der Waals surface area contributed by atoms with E-state index in [-0.39, 0.29) is 52.6 Å². The van der Waals surface area contributed by atoms with Gasteiger partial charge in [-0.15, -0.1) is 9.38 Å². The Hall–Kier alpha value is -3.76. The Morgan fingerprint density at radius 1 is 1.33 bits per heavy atom. The average Bonchev–Trinajstić information content (AvgIpc) is 3.54. The number of aromatic nitrogens is 5. The monoisotopic (exact) mass is 454 g/mol. The van der Waals surface area contributed by atoms with E-state index in [1.54, 1.807) is 0 Å². The van der Waals surface area contributed by atoms with Crippen molar-refractivity contribution >= 4 is 11.6 Å². The van der Waals surface area contributed by atoms with Gasteiger partial charge in [0.25, 0.3) is 0 Å². The van der Waals surface area contributed by atoms with Crippen molar-refractivity contribution in [3.63, 3.8) is 0 Å². The zero-order valence-corrected chi connectivity index (χ0v) is 17.8. The summed E-state index contributed by atoms with van der Waals surface area (Å²) in [6.07, 6.45) is 1.48. The van der Waals surface area contributed by atoms with E-state index >= 15 is 0 Å². The molecule has 1 atom stereocenters. The van der Waals surface area contributed by atoms with E-state index in [1.807, 2.05) is 0 Å². The molecule has 4 aromatic rings. The molecule has 5 rings (SSSR count). The van der Waals surface area contributed by atoms with Gasteiger partial charge in [0.15, 0.2) is 0 Å². The number of methoxy groups -OCH3 is 1. The third kappa shape index (κ3) is 3.83. The number of benzene rings is 1. The summed E-state index contributed by atoms with van der Waals surface area (Å²) in [6.45, 7) is 0.399. The molecule has 1 aromatic carbocycles. The fraction of sp³-hybridized carbons (Fsp3) is 0.304. The molecule has 1 fully saturated rings. The molecule has 1 aliphatic rings. The van der Waals surface area contributed by atoms with E-state index in [0.29, 0.717) is 12.2 Å². The topological polar surface area (TPSA) is 132 Å². The Kier molecular flexibility index (Phi) is 4.18. The summed E-state index contributed by atoms with van der Waals surface area (Å²) in [5, 5.41) is 12.9. The number of aliphatic hydroxyl groups excluding tert-OH is 1. The maximum Gasteiger partial charge on any atom is 0.428 e. The van der Waals surface area contributed by atoms with Crippen LogP contribution in [0.25, 0.3) is 28.0 Å². The predicted molar refractivity (Wildman–Crippen MR) is 121 cm³/mol. The number of hydrogen-bond donors (Lipinski definition) is 3. The number of H-pyrrole nitrogens is 1. The van der Waals surface area contributed by atoms with E-state index in [9.17, 15) is 9.90 Å². The van der Waals surface area contributed by atoms with Gasteiger partial charge in [-0.05, 0) is 24.5 Å². The highest BCUT2D eigenvalue weighted by Crippen LogP contribution is 2.34. The summed E-state index contributed by atoms with van der Waals surface area (Å²) in [6, 6.07) is 0.431. The molecule has 0 amide bonds. The van der Waals surface area contributed by atoms with Crippen LogP contribution >= 0.6 is 0 Å². The molecule has 0 spiro atoms. The first-order chi connectivity index (χ1) is 18.2. The highest BCUT2D eigenvalue weighted by Gasteiger charge is 2.28. The van der Waals surface area contributed by atoms with Gasteiger partial charge in [0, 0.05) is 18.2 Å². The second-order valence-corrected chi connectivity index (χ2v) is 7.57. The maximum atomic E-state index is 13.4. The minimum atomic E-state index is -0.557. The number of nitrogen functional groups attached to an aromatic ring is 1. The van der Waals surface area contributed by atoms with Crippen LogP contribution in [0.15, 0.2) is 47.1 Å². The number of hydrogen-bond acceptors (Lipinski definition) is 7. The van der Waals surface area contributed by atoms with Crippen LogP contribution < -0.4 is 20.6 Å². The standard InChI is InChI=1S/C23H24N6O4/c1-32-18-11-15(10-16(13-30)25-18)19-20(14-6-3-2-4-7-14)26-22(24)29-21(19)27-28(23(29)31)12-17-8-5-9-33-17/h2-4,6-7,10-11,17,30H,5,8-9,12-13H2,1H3,(H2,24,25,26,27)/p+1/t17-/m1/s1/i2D,3D,4D,6D,7D. The Balaban J connectivity index is 1.90. The number of nitrogens with one attached hydrogen (secondary N) is 1. The summed E-state index contributed by atoms with van der Waals surface area (Å²) in [4.78, 5) is 22.0. The first kappa shape index (κ1) is 15.9. The van der Waals surface area contributed by atoms with Crippen molar-refractivity contribution in [3.05, 3.63) is 58.5 Å². The second-order valence-electron chi connectivity index (χ2n) is 7.57. The molecule has 10 heteroatoms. The molecule has 0 radical (unpaired) electrons. The summed E-state index contributed by atoms with van der Waals surface area (Å²) in [5.74, 6) is -0.101. The zero-order chi connectivity index (χ0) is 27.3. The fourth-order valence-electron chi connectivity index (χ4n) is 3.98. The highest BCUT2D eigenvalue weighted by molar-refractivity contribution is 5.88. The molecule has 0 unspecified atom stereocenters. The van der Waals surface area contributed by atoms with E-state index < -0.39 is 42.5 Å². The molecule has 0 saturated carbocycles. The number of fused-ring (bicyclic) bond motifs is 1. The number of ether oxygens (including phenoxy) is 2. The summed E-state index contributed by atoms with van der Waals surface area (Å²) >= 11 is 0. The van der Waals surface area contributed by atoms with Crippen molar-refractivity contribution in [3.8, 4) is 28.3 Å². The minimum Gasteiger partial charge on any atom is -0.481 e. The van der Waals surface area contributed by atoms with Crippen molar-refractivity contribution in [1.82, 2.24) is 19.7 Å². The number of anilines is 1. The lowest BCUT2D eigenvalue weighted by atomic mass is 10.00. The number of nitrogens with two attached hydrogens (primary N) is 1. The smallest absolute Gasteiger partial charge is 0.428 e. The summed E-state index contributed by atoms with van der Waals surface area (Å²) < 4.78 is 54.8. The van der Waals surface area contributed by atoms with Gasteiger partial charge < -0.3 is 20.3 Å². The second kappa shape index (κ2) is 8.64. The molecular weight excluding hydrogens is 424 g/mol.